The van der Waals surface area contributed by atoms with Crippen molar-refractivity contribution in [3.8, 4) is 33.6 Å². The van der Waals surface area contributed by atoms with E-state index in [9.17, 15) is 12.8 Å². The van der Waals surface area contributed by atoms with Gasteiger partial charge in [-0.15, -0.1) is 0 Å². The summed E-state index contributed by atoms with van der Waals surface area (Å²) in [4.78, 5) is 4.63. The van der Waals surface area contributed by atoms with Gasteiger partial charge >= 0.3 is 0 Å². The zero-order valence-corrected chi connectivity index (χ0v) is 16.7. The minimum absolute atomic E-state index is 0.195. The Morgan fingerprint density at radius 3 is 2.38 bits per heavy atom. The van der Waals surface area contributed by atoms with Crippen molar-refractivity contribution in [2.75, 3.05) is 6.26 Å². The van der Waals surface area contributed by atoms with Crippen molar-refractivity contribution in [1.29, 1.82) is 0 Å². The fraction of sp³-hybridized carbons (Fsp3) is 0.0909. The van der Waals surface area contributed by atoms with Crippen molar-refractivity contribution in [1.82, 2.24) is 15.2 Å². The lowest BCUT2D eigenvalue weighted by Crippen LogP contribution is -1.96. The topological polar surface area (TPSA) is 75.7 Å². The third kappa shape index (κ3) is 3.69. The van der Waals surface area contributed by atoms with E-state index in [-0.39, 0.29) is 10.7 Å². The Morgan fingerprint density at radius 2 is 1.69 bits per heavy atom. The minimum Gasteiger partial charge on any atom is -0.276 e. The van der Waals surface area contributed by atoms with Crippen LogP contribution in [-0.4, -0.2) is 29.9 Å². The van der Waals surface area contributed by atoms with E-state index in [0.717, 1.165) is 34.3 Å². The van der Waals surface area contributed by atoms with Crippen molar-refractivity contribution in [3.05, 3.63) is 78.4 Å². The summed E-state index contributed by atoms with van der Waals surface area (Å²) in [6.07, 6.45) is 4.54. The molecule has 29 heavy (non-hydrogen) atoms. The third-order valence-corrected chi connectivity index (χ3v) is 5.88. The molecule has 5 nitrogen and oxygen atoms in total. The number of nitrogens with zero attached hydrogens (tertiary/aromatic N) is 2. The summed E-state index contributed by atoms with van der Waals surface area (Å²) in [6, 6.07) is 14.8. The predicted molar refractivity (Wildman–Crippen MR) is 110 cm³/mol. The quantitative estimate of drug-likeness (QED) is 0.534. The molecule has 4 rings (SSSR count). The Bertz CT molecular complexity index is 1300. The minimum atomic E-state index is -3.31. The first-order valence-corrected chi connectivity index (χ1v) is 10.8. The number of H-pyrrole nitrogens is 1. The fourth-order valence-corrected chi connectivity index (χ4v) is 3.86. The highest BCUT2D eigenvalue weighted by molar-refractivity contribution is 7.90. The zero-order valence-electron chi connectivity index (χ0n) is 15.8. The third-order valence-electron chi connectivity index (χ3n) is 4.76. The Kier molecular flexibility index (Phi) is 4.76. The molecule has 0 spiro atoms. The van der Waals surface area contributed by atoms with Gasteiger partial charge in [0.1, 0.15) is 5.82 Å². The van der Waals surface area contributed by atoms with E-state index in [1.807, 2.05) is 19.1 Å². The number of aryl methyl sites for hydroxylation is 1. The molecule has 2 heterocycles. The van der Waals surface area contributed by atoms with Gasteiger partial charge in [-0.2, -0.15) is 5.10 Å². The van der Waals surface area contributed by atoms with Gasteiger partial charge in [0.05, 0.1) is 22.5 Å². The van der Waals surface area contributed by atoms with Crippen molar-refractivity contribution >= 4 is 9.84 Å². The number of sulfone groups is 1. The summed E-state index contributed by atoms with van der Waals surface area (Å²) in [6.45, 7) is 1.96. The maximum absolute atomic E-state index is 14.6. The second-order valence-electron chi connectivity index (χ2n) is 6.82. The number of pyridine rings is 1. The van der Waals surface area contributed by atoms with Crippen molar-refractivity contribution in [2.45, 2.75) is 11.8 Å². The lowest BCUT2D eigenvalue weighted by Gasteiger charge is -2.09. The number of hydrogen-bond acceptors (Lipinski definition) is 4. The molecule has 0 radical (unpaired) electrons. The highest BCUT2D eigenvalue weighted by Gasteiger charge is 2.16. The molecule has 146 valence electrons. The maximum atomic E-state index is 14.6. The molecule has 7 heteroatoms. The summed E-state index contributed by atoms with van der Waals surface area (Å²) < 4.78 is 37.9. The molecule has 0 amide bonds. The molecule has 1 N–H and O–H groups in total. The molecule has 2 aromatic carbocycles. The first kappa shape index (κ1) is 19.0. The first-order valence-electron chi connectivity index (χ1n) is 8.90. The van der Waals surface area contributed by atoms with Crippen LogP contribution in [0.1, 0.15) is 5.56 Å². The van der Waals surface area contributed by atoms with Gasteiger partial charge in [0.25, 0.3) is 0 Å². The molecule has 0 aliphatic carbocycles. The number of nitrogens with one attached hydrogen (secondary N) is 1. The largest absolute Gasteiger partial charge is 0.276 e. The van der Waals surface area contributed by atoms with Crippen LogP contribution in [0, 0.1) is 12.7 Å². The molecule has 0 unspecified atom stereocenters. The number of aromatic nitrogens is 3. The summed E-state index contributed by atoms with van der Waals surface area (Å²) in [5, 5.41) is 7.14. The molecule has 4 aromatic rings. The SMILES string of the molecule is Cc1cccnc1-c1[nH]ncc1-c1ccc(F)c(-c2ccc(S(C)(=O)=O)cc2)c1. The zero-order chi connectivity index (χ0) is 20.6. The Morgan fingerprint density at radius 1 is 0.966 bits per heavy atom. The van der Waals surface area contributed by atoms with Crippen molar-refractivity contribution < 1.29 is 12.8 Å². The standard InChI is InChI=1S/C22H18FN3O2S/c1-14-4-3-11-24-21(14)22-19(13-25-26-22)16-7-10-20(23)18(12-16)15-5-8-17(9-6-15)29(2,27)28/h3-13H,1-2H3,(H,25,26). The molecule has 0 bridgehead atoms. The molecule has 0 fully saturated rings. The predicted octanol–water partition coefficient (Wildman–Crippen LogP) is 4.66. The summed E-state index contributed by atoms with van der Waals surface area (Å²) in [5.41, 5.74) is 5.10. The molecule has 0 saturated heterocycles. The van der Waals surface area contributed by atoms with Crippen LogP contribution in [0.2, 0.25) is 0 Å². The number of aromatic amines is 1. The molecule has 0 aliphatic rings. The van der Waals surface area contributed by atoms with Crippen LogP contribution < -0.4 is 0 Å². The van der Waals surface area contributed by atoms with Crippen LogP contribution in [0.3, 0.4) is 0 Å². The van der Waals surface area contributed by atoms with E-state index in [1.165, 1.54) is 18.2 Å². The van der Waals surface area contributed by atoms with E-state index in [1.54, 1.807) is 36.7 Å². The van der Waals surface area contributed by atoms with Crippen LogP contribution >= 0.6 is 0 Å². The maximum Gasteiger partial charge on any atom is 0.175 e. The van der Waals surface area contributed by atoms with Gasteiger partial charge < -0.3 is 0 Å². The van der Waals surface area contributed by atoms with Gasteiger partial charge in [-0.3, -0.25) is 10.1 Å². The normalized spacial score (nSPS) is 11.6. The van der Waals surface area contributed by atoms with Gasteiger partial charge in [0.15, 0.2) is 9.84 Å². The van der Waals surface area contributed by atoms with Crippen LogP contribution in [0.5, 0.6) is 0 Å². The van der Waals surface area contributed by atoms with E-state index >= 15 is 0 Å². The van der Waals surface area contributed by atoms with E-state index in [0.29, 0.717) is 11.1 Å². The number of halogens is 1. The van der Waals surface area contributed by atoms with Crippen LogP contribution in [0.4, 0.5) is 4.39 Å². The van der Waals surface area contributed by atoms with Gasteiger partial charge in [0.2, 0.25) is 0 Å². The molecule has 0 saturated carbocycles. The van der Waals surface area contributed by atoms with E-state index in [4.69, 9.17) is 0 Å². The Hall–Kier alpha value is -3.32. The molecular formula is C22H18FN3O2S. The lowest BCUT2D eigenvalue weighted by molar-refractivity contribution is 0.602. The smallest absolute Gasteiger partial charge is 0.175 e. The first-order chi connectivity index (χ1) is 13.8. The van der Waals surface area contributed by atoms with E-state index in [2.05, 4.69) is 15.2 Å². The lowest BCUT2D eigenvalue weighted by atomic mass is 9.97. The van der Waals surface area contributed by atoms with Gasteiger partial charge in [-0.05, 0) is 53.9 Å². The average molecular weight is 407 g/mol. The fourth-order valence-electron chi connectivity index (χ4n) is 3.23. The molecule has 2 aromatic heterocycles. The molecule has 0 atom stereocenters. The Labute approximate surface area is 168 Å². The second kappa shape index (κ2) is 7.25. The highest BCUT2D eigenvalue weighted by Crippen LogP contribution is 2.34. The highest BCUT2D eigenvalue weighted by atomic mass is 32.2. The average Bonchev–Trinajstić information content (AvgIpc) is 3.18. The Balaban J connectivity index is 1.80. The van der Waals surface area contributed by atoms with Gasteiger partial charge in [-0.1, -0.05) is 24.3 Å². The van der Waals surface area contributed by atoms with E-state index < -0.39 is 9.84 Å². The van der Waals surface area contributed by atoms with Crippen LogP contribution in [-0.2, 0) is 9.84 Å². The number of rotatable bonds is 4. The summed E-state index contributed by atoms with van der Waals surface area (Å²) in [7, 11) is -3.31. The second-order valence-corrected chi connectivity index (χ2v) is 8.83. The van der Waals surface area contributed by atoms with Crippen LogP contribution in [0.15, 0.2) is 71.9 Å². The van der Waals surface area contributed by atoms with Gasteiger partial charge in [-0.25, -0.2) is 12.8 Å². The summed E-state index contributed by atoms with van der Waals surface area (Å²) >= 11 is 0. The molecular weight excluding hydrogens is 389 g/mol. The summed E-state index contributed by atoms with van der Waals surface area (Å²) in [5.74, 6) is -0.389. The van der Waals surface area contributed by atoms with Crippen LogP contribution in [0.25, 0.3) is 33.6 Å². The monoisotopic (exact) mass is 407 g/mol. The molecule has 0 aliphatic heterocycles. The van der Waals surface area contributed by atoms with Crippen molar-refractivity contribution in [3.63, 3.8) is 0 Å². The van der Waals surface area contributed by atoms with Crippen molar-refractivity contribution in [2.24, 2.45) is 0 Å². The number of hydrogen-bond donors (Lipinski definition) is 1. The number of benzene rings is 2. The van der Waals surface area contributed by atoms with Gasteiger partial charge in [0, 0.05) is 23.6 Å².